The zero-order chi connectivity index (χ0) is 12.6. The lowest BCUT2D eigenvalue weighted by molar-refractivity contribution is 0.635. The van der Waals surface area contributed by atoms with Crippen molar-refractivity contribution in [3.8, 4) is 0 Å². The summed E-state index contributed by atoms with van der Waals surface area (Å²) in [4.78, 5) is 4.32. The summed E-state index contributed by atoms with van der Waals surface area (Å²) in [5.74, 6) is -0.295. The second-order valence-electron chi connectivity index (χ2n) is 4.01. The number of hydrogen-bond acceptors (Lipinski definition) is 2. The van der Waals surface area contributed by atoms with Crippen LogP contribution in [0.15, 0.2) is 16.6 Å². The second-order valence-corrected chi connectivity index (χ2v) is 4.93. The van der Waals surface area contributed by atoms with Crippen LogP contribution in [0.5, 0.6) is 0 Å². The first-order valence-corrected chi connectivity index (χ1v) is 6.33. The van der Waals surface area contributed by atoms with Gasteiger partial charge in [-0.15, -0.1) is 0 Å². The van der Waals surface area contributed by atoms with Gasteiger partial charge < -0.3 is 5.32 Å². The highest BCUT2D eigenvalue weighted by molar-refractivity contribution is 9.10. The number of benzene rings is 1. The minimum Gasteiger partial charge on any atom is -0.385 e. The van der Waals surface area contributed by atoms with Gasteiger partial charge in [0.2, 0.25) is 0 Å². The van der Waals surface area contributed by atoms with Crippen LogP contribution in [-0.4, -0.2) is 11.5 Å². The Balaban J connectivity index is 2.87. The van der Waals surface area contributed by atoms with E-state index in [2.05, 4.69) is 26.2 Å². The first-order chi connectivity index (χ1) is 8.04. The van der Waals surface area contributed by atoms with E-state index in [1.807, 2.05) is 26.8 Å². The summed E-state index contributed by atoms with van der Waals surface area (Å²) < 4.78 is 14.6. The molecule has 0 saturated heterocycles. The molecule has 0 amide bonds. The Bertz CT molecular complexity index is 581. The van der Waals surface area contributed by atoms with Crippen LogP contribution in [0, 0.1) is 19.7 Å². The van der Waals surface area contributed by atoms with E-state index in [9.17, 15) is 4.39 Å². The molecule has 2 aromatic rings. The largest absolute Gasteiger partial charge is 0.385 e. The van der Waals surface area contributed by atoms with E-state index in [4.69, 9.17) is 0 Å². The number of hydrogen-bond donors (Lipinski definition) is 1. The SMILES string of the molecule is CCNc1c(C)c(C)nc2c(F)cc(Br)cc12. The van der Waals surface area contributed by atoms with Crippen LogP contribution < -0.4 is 5.32 Å². The summed E-state index contributed by atoms with van der Waals surface area (Å²) in [5.41, 5.74) is 3.31. The Kier molecular flexibility index (Phi) is 3.33. The highest BCUT2D eigenvalue weighted by Gasteiger charge is 2.12. The third-order valence-electron chi connectivity index (χ3n) is 2.85. The average molecular weight is 297 g/mol. The number of fused-ring (bicyclic) bond motifs is 1. The lowest BCUT2D eigenvalue weighted by Crippen LogP contribution is -2.03. The summed E-state index contributed by atoms with van der Waals surface area (Å²) >= 11 is 3.32. The molecule has 0 aliphatic heterocycles. The topological polar surface area (TPSA) is 24.9 Å². The van der Waals surface area contributed by atoms with Gasteiger partial charge in [-0.05, 0) is 38.5 Å². The molecule has 0 saturated carbocycles. The number of anilines is 1. The monoisotopic (exact) mass is 296 g/mol. The molecule has 0 aliphatic rings. The molecule has 2 nitrogen and oxygen atoms in total. The van der Waals surface area contributed by atoms with Crippen molar-refractivity contribution in [2.45, 2.75) is 20.8 Å². The van der Waals surface area contributed by atoms with E-state index < -0.39 is 0 Å². The highest BCUT2D eigenvalue weighted by Crippen LogP contribution is 2.31. The van der Waals surface area contributed by atoms with E-state index in [1.165, 1.54) is 6.07 Å². The third-order valence-corrected chi connectivity index (χ3v) is 3.31. The second kappa shape index (κ2) is 4.61. The Labute approximate surface area is 108 Å². The first-order valence-electron chi connectivity index (χ1n) is 5.54. The molecule has 0 bridgehead atoms. The van der Waals surface area contributed by atoms with Gasteiger partial charge in [-0.1, -0.05) is 15.9 Å². The summed E-state index contributed by atoms with van der Waals surface area (Å²) in [6, 6.07) is 3.34. The molecule has 0 spiro atoms. The normalized spacial score (nSPS) is 10.9. The Morgan fingerprint density at radius 3 is 2.71 bits per heavy atom. The summed E-state index contributed by atoms with van der Waals surface area (Å²) in [7, 11) is 0. The van der Waals surface area contributed by atoms with Crippen LogP contribution in [0.1, 0.15) is 18.2 Å². The van der Waals surface area contributed by atoms with Gasteiger partial charge in [0.25, 0.3) is 0 Å². The maximum atomic E-state index is 13.9. The minimum atomic E-state index is -0.295. The van der Waals surface area contributed by atoms with E-state index in [0.717, 1.165) is 33.3 Å². The lowest BCUT2D eigenvalue weighted by atomic mass is 10.1. The van der Waals surface area contributed by atoms with Crippen molar-refractivity contribution in [1.29, 1.82) is 0 Å². The van der Waals surface area contributed by atoms with Crippen molar-refractivity contribution in [1.82, 2.24) is 4.98 Å². The molecule has 0 atom stereocenters. The number of nitrogens with zero attached hydrogens (tertiary/aromatic N) is 1. The molecular weight excluding hydrogens is 283 g/mol. The predicted molar refractivity (Wildman–Crippen MR) is 73.0 cm³/mol. The standard InChI is InChI=1S/C13H14BrFN2/c1-4-16-12-7(2)8(3)17-13-10(12)5-9(14)6-11(13)15/h5-6H,4H2,1-3H3,(H,16,17). The molecular formula is C13H14BrFN2. The van der Waals surface area contributed by atoms with Crippen LogP contribution >= 0.6 is 15.9 Å². The number of halogens is 2. The van der Waals surface area contributed by atoms with Crippen molar-refractivity contribution < 1.29 is 4.39 Å². The highest BCUT2D eigenvalue weighted by atomic mass is 79.9. The Hall–Kier alpha value is -1.16. The van der Waals surface area contributed by atoms with E-state index in [1.54, 1.807) is 0 Å². The third kappa shape index (κ3) is 2.14. The van der Waals surface area contributed by atoms with Crippen LogP contribution in [0.25, 0.3) is 10.9 Å². The van der Waals surface area contributed by atoms with E-state index in [-0.39, 0.29) is 5.82 Å². The van der Waals surface area contributed by atoms with Gasteiger partial charge in [0, 0.05) is 27.8 Å². The fourth-order valence-corrected chi connectivity index (χ4v) is 2.34. The number of aromatic nitrogens is 1. The van der Waals surface area contributed by atoms with Crippen molar-refractivity contribution in [2.24, 2.45) is 0 Å². The number of aryl methyl sites for hydroxylation is 1. The lowest BCUT2D eigenvalue weighted by Gasteiger charge is -2.14. The van der Waals surface area contributed by atoms with E-state index >= 15 is 0 Å². The summed E-state index contributed by atoms with van der Waals surface area (Å²) in [5, 5.41) is 4.11. The van der Waals surface area contributed by atoms with Crippen molar-refractivity contribution in [3.05, 3.63) is 33.7 Å². The quantitative estimate of drug-likeness (QED) is 0.899. The molecule has 0 fully saturated rings. The zero-order valence-electron chi connectivity index (χ0n) is 10.1. The zero-order valence-corrected chi connectivity index (χ0v) is 11.7. The van der Waals surface area contributed by atoms with Gasteiger partial charge in [0.1, 0.15) is 5.52 Å². The molecule has 90 valence electrons. The Morgan fingerprint density at radius 1 is 1.35 bits per heavy atom. The fraction of sp³-hybridized carbons (Fsp3) is 0.308. The smallest absolute Gasteiger partial charge is 0.150 e. The molecule has 2 rings (SSSR count). The van der Waals surface area contributed by atoms with Crippen LogP contribution in [0.2, 0.25) is 0 Å². The minimum absolute atomic E-state index is 0.295. The first kappa shape index (κ1) is 12.3. The van der Waals surface area contributed by atoms with Crippen molar-refractivity contribution in [3.63, 3.8) is 0 Å². The van der Waals surface area contributed by atoms with Gasteiger partial charge in [-0.3, -0.25) is 0 Å². The maximum Gasteiger partial charge on any atom is 0.150 e. The predicted octanol–water partition coefficient (Wildman–Crippen LogP) is 4.19. The van der Waals surface area contributed by atoms with Gasteiger partial charge >= 0.3 is 0 Å². The van der Waals surface area contributed by atoms with E-state index in [0.29, 0.717) is 5.52 Å². The van der Waals surface area contributed by atoms with Crippen molar-refractivity contribution >= 4 is 32.5 Å². The van der Waals surface area contributed by atoms with Gasteiger partial charge in [-0.2, -0.15) is 0 Å². The summed E-state index contributed by atoms with van der Waals surface area (Å²) in [6.45, 7) is 6.72. The molecule has 0 unspecified atom stereocenters. The van der Waals surface area contributed by atoms with Crippen LogP contribution in [0.4, 0.5) is 10.1 Å². The Morgan fingerprint density at radius 2 is 2.06 bits per heavy atom. The molecule has 4 heteroatoms. The average Bonchev–Trinajstić information content (AvgIpc) is 2.26. The molecule has 17 heavy (non-hydrogen) atoms. The van der Waals surface area contributed by atoms with Crippen LogP contribution in [0.3, 0.4) is 0 Å². The fourth-order valence-electron chi connectivity index (χ4n) is 1.91. The molecule has 1 N–H and O–H groups in total. The maximum absolute atomic E-state index is 13.9. The molecule has 1 aromatic heterocycles. The molecule has 1 heterocycles. The molecule has 1 aromatic carbocycles. The van der Waals surface area contributed by atoms with Gasteiger partial charge in [-0.25, -0.2) is 9.37 Å². The molecule has 0 radical (unpaired) electrons. The van der Waals surface area contributed by atoms with Crippen molar-refractivity contribution in [2.75, 3.05) is 11.9 Å². The van der Waals surface area contributed by atoms with Gasteiger partial charge in [0.05, 0.1) is 0 Å². The number of pyridine rings is 1. The summed E-state index contributed by atoms with van der Waals surface area (Å²) in [6.07, 6.45) is 0. The number of nitrogens with one attached hydrogen (secondary N) is 1. The number of rotatable bonds is 2. The molecule has 0 aliphatic carbocycles. The van der Waals surface area contributed by atoms with Gasteiger partial charge in [0.15, 0.2) is 5.82 Å². The van der Waals surface area contributed by atoms with Crippen LogP contribution in [-0.2, 0) is 0 Å².